The van der Waals surface area contributed by atoms with Crippen LogP contribution in [-0.4, -0.2) is 0 Å². The maximum atomic E-state index is 2.67. The molecule has 0 aliphatic rings. The van der Waals surface area contributed by atoms with E-state index >= 15 is 0 Å². The first kappa shape index (κ1) is 39.0. The molecule has 0 spiro atoms. The fourth-order valence-corrected chi connectivity index (χ4v) is 8.02. The van der Waals surface area contributed by atoms with Gasteiger partial charge in [-0.1, -0.05) is 174 Å². The lowest BCUT2D eigenvalue weighted by molar-refractivity contribution is 0.0588. The van der Waals surface area contributed by atoms with E-state index in [2.05, 4.69) is 96.9 Å². The molecule has 0 saturated carbocycles. The first-order chi connectivity index (χ1) is 18.4. The summed E-state index contributed by atoms with van der Waals surface area (Å²) in [5.41, 5.74) is 0. The summed E-state index contributed by atoms with van der Waals surface area (Å²) in [5, 5.41) is 0. The topological polar surface area (TPSA) is 0 Å². The predicted molar refractivity (Wildman–Crippen MR) is 181 cm³/mol. The van der Waals surface area contributed by atoms with Gasteiger partial charge in [0.05, 0.1) is 0 Å². The third-order valence-corrected chi connectivity index (χ3v) is 12.6. The summed E-state index contributed by atoms with van der Waals surface area (Å²) < 4.78 is 0. The van der Waals surface area contributed by atoms with Gasteiger partial charge in [-0.05, 0) is 77.4 Å². The Bertz CT molecular complexity index is 550. The molecule has 0 aromatic heterocycles. The quantitative estimate of drug-likeness (QED) is 0.112. The van der Waals surface area contributed by atoms with Crippen LogP contribution < -0.4 is 0 Å². The second-order valence-corrected chi connectivity index (χ2v) is 15.2. The van der Waals surface area contributed by atoms with E-state index in [-0.39, 0.29) is 0 Å². The summed E-state index contributed by atoms with van der Waals surface area (Å²) in [6.07, 6.45) is 18.2. The van der Waals surface area contributed by atoms with Crippen molar-refractivity contribution in [2.75, 3.05) is 0 Å². The Morgan fingerprint density at radius 1 is 0.359 bits per heavy atom. The second kappa shape index (κ2) is 21.7. The Labute approximate surface area is 251 Å². The molecule has 0 rings (SSSR count). The van der Waals surface area contributed by atoms with Crippen molar-refractivity contribution in [2.24, 2.45) is 71.0 Å². The van der Waals surface area contributed by atoms with Crippen LogP contribution in [0.1, 0.15) is 180 Å². The maximum Gasteiger partial charge on any atom is -0.0355 e. The van der Waals surface area contributed by atoms with Crippen molar-refractivity contribution < 1.29 is 0 Å². The van der Waals surface area contributed by atoms with Gasteiger partial charge in [0, 0.05) is 0 Å². The van der Waals surface area contributed by atoms with Gasteiger partial charge in [-0.3, -0.25) is 0 Å². The molecule has 39 heavy (non-hydrogen) atoms. The standard InChI is InChI=1S/C39H80/c1-15-20-29(7)31(9)33(11)35(13)39(27-38(22-17-3)26-25-37(19-5)21-16-2)36(14)34(12)32(10)30(8)24-23-28(6)18-4/h28-39H,15-27H2,1-14H3. The second-order valence-electron chi connectivity index (χ2n) is 15.2. The fourth-order valence-electron chi connectivity index (χ4n) is 8.02. The highest BCUT2D eigenvalue weighted by Crippen LogP contribution is 2.44. The van der Waals surface area contributed by atoms with Crippen LogP contribution in [0.4, 0.5) is 0 Å². The monoisotopic (exact) mass is 549 g/mol. The Hall–Kier alpha value is 0. The molecular formula is C39H80. The van der Waals surface area contributed by atoms with E-state index in [9.17, 15) is 0 Å². The summed E-state index contributed by atoms with van der Waals surface area (Å²) in [4.78, 5) is 0. The van der Waals surface area contributed by atoms with E-state index in [0.29, 0.717) is 0 Å². The van der Waals surface area contributed by atoms with Gasteiger partial charge in [0.2, 0.25) is 0 Å². The first-order valence-corrected chi connectivity index (χ1v) is 18.4. The molecule has 0 aliphatic heterocycles. The highest BCUT2D eigenvalue weighted by molar-refractivity contribution is 4.86. The number of hydrogen-bond donors (Lipinski definition) is 0. The smallest absolute Gasteiger partial charge is 0.0355 e. The summed E-state index contributed by atoms with van der Waals surface area (Å²) in [6.45, 7) is 35.2. The molecule has 0 amide bonds. The van der Waals surface area contributed by atoms with Gasteiger partial charge in [0.25, 0.3) is 0 Å². The predicted octanol–water partition coefficient (Wildman–Crippen LogP) is 13.7. The lowest BCUT2D eigenvalue weighted by atomic mass is 9.62. The lowest BCUT2D eigenvalue weighted by Gasteiger charge is -2.43. The molecule has 0 aromatic carbocycles. The number of rotatable bonds is 24. The molecule has 0 heterocycles. The summed E-state index contributed by atoms with van der Waals surface area (Å²) in [5.74, 6) is 10.1. The Morgan fingerprint density at radius 2 is 0.795 bits per heavy atom. The SMILES string of the molecule is CCCC(CC)CCC(CCC)CC(C(C)C(C)C(C)C(C)CCC)C(C)C(C)C(C)C(C)CCC(C)CC. The zero-order chi connectivity index (χ0) is 30.1. The minimum absolute atomic E-state index is 0.797. The number of hydrogen-bond acceptors (Lipinski definition) is 0. The van der Waals surface area contributed by atoms with Crippen LogP contribution in [0, 0.1) is 71.0 Å². The first-order valence-electron chi connectivity index (χ1n) is 18.4. The summed E-state index contributed by atoms with van der Waals surface area (Å²) in [6, 6.07) is 0. The van der Waals surface area contributed by atoms with E-state index in [0.717, 1.165) is 71.0 Å². The van der Waals surface area contributed by atoms with Crippen molar-refractivity contribution in [3.8, 4) is 0 Å². The highest BCUT2D eigenvalue weighted by Gasteiger charge is 2.37. The van der Waals surface area contributed by atoms with Gasteiger partial charge in [-0.25, -0.2) is 0 Å². The van der Waals surface area contributed by atoms with Crippen LogP contribution in [0.15, 0.2) is 0 Å². The van der Waals surface area contributed by atoms with Gasteiger partial charge < -0.3 is 0 Å². The Balaban J connectivity index is 5.90. The van der Waals surface area contributed by atoms with Gasteiger partial charge in [-0.15, -0.1) is 0 Å². The van der Waals surface area contributed by atoms with Crippen LogP contribution in [0.25, 0.3) is 0 Å². The van der Waals surface area contributed by atoms with E-state index in [4.69, 9.17) is 0 Å². The van der Waals surface area contributed by atoms with E-state index in [1.54, 1.807) is 0 Å². The molecule has 0 radical (unpaired) electrons. The Kier molecular flexibility index (Phi) is 21.7. The molecule has 236 valence electrons. The van der Waals surface area contributed by atoms with Crippen LogP contribution in [-0.2, 0) is 0 Å². The average Bonchev–Trinajstić information content (AvgIpc) is 2.93. The van der Waals surface area contributed by atoms with Gasteiger partial charge in [-0.2, -0.15) is 0 Å². The minimum Gasteiger partial charge on any atom is -0.0654 e. The van der Waals surface area contributed by atoms with Crippen molar-refractivity contribution in [1.82, 2.24) is 0 Å². The van der Waals surface area contributed by atoms with Crippen molar-refractivity contribution >= 4 is 0 Å². The highest BCUT2D eigenvalue weighted by atomic mass is 14.4. The van der Waals surface area contributed by atoms with Crippen molar-refractivity contribution in [3.05, 3.63) is 0 Å². The molecule has 0 aromatic rings. The van der Waals surface area contributed by atoms with E-state index in [1.165, 1.54) is 83.5 Å². The van der Waals surface area contributed by atoms with Crippen molar-refractivity contribution in [1.29, 1.82) is 0 Å². The molecule has 0 N–H and O–H groups in total. The molecule has 0 fully saturated rings. The summed E-state index contributed by atoms with van der Waals surface area (Å²) in [7, 11) is 0. The zero-order valence-corrected chi connectivity index (χ0v) is 30.1. The summed E-state index contributed by atoms with van der Waals surface area (Å²) >= 11 is 0. The minimum atomic E-state index is 0.797. The fraction of sp³-hybridized carbons (Fsp3) is 1.00. The molecular weight excluding hydrogens is 468 g/mol. The lowest BCUT2D eigenvalue weighted by Crippen LogP contribution is -2.36. The maximum absolute atomic E-state index is 2.67. The molecule has 0 nitrogen and oxygen atoms in total. The van der Waals surface area contributed by atoms with E-state index in [1.807, 2.05) is 0 Å². The average molecular weight is 549 g/mol. The van der Waals surface area contributed by atoms with Crippen molar-refractivity contribution in [2.45, 2.75) is 180 Å². The Morgan fingerprint density at radius 3 is 1.23 bits per heavy atom. The third kappa shape index (κ3) is 14.1. The zero-order valence-electron chi connectivity index (χ0n) is 30.1. The van der Waals surface area contributed by atoms with Crippen LogP contribution in [0.3, 0.4) is 0 Å². The molecule has 0 bridgehead atoms. The van der Waals surface area contributed by atoms with Gasteiger partial charge in [0.15, 0.2) is 0 Å². The van der Waals surface area contributed by atoms with Crippen LogP contribution in [0.5, 0.6) is 0 Å². The van der Waals surface area contributed by atoms with Crippen LogP contribution in [0.2, 0.25) is 0 Å². The molecule has 0 saturated heterocycles. The van der Waals surface area contributed by atoms with Crippen LogP contribution >= 0.6 is 0 Å². The molecule has 0 aliphatic carbocycles. The third-order valence-electron chi connectivity index (χ3n) is 12.6. The largest absolute Gasteiger partial charge is 0.0654 e. The van der Waals surface area contributed by atoms with Gasteiger partial charge >= 0.3 is 0 Å². The molecule has 12 unspecified atom stereocenters. The molecule has 12 atom stereocenters. The normalized spacial score (nSPS) is 21.7. The van der Waals surface area contributed by atoms with Crippen molar-refractivity contribution in [3.63, 3.8) is 0 Å². The van der Waals surface area contributed by atoms with Gasteiger partial charge in [0.1, 0.15) is 0 Å². The van der Waals surface area contributed by atoms with E-state index < -0.39 is 0 Å². The molecule has 0 heteroatoms.